The van der Waals surface area contributed by atoms with Crippen molar-refractivity contribution in [2.45, 2.75) is 36.8 Å². The summed E-state index contributed by atoms with van der Waals surface area (Å²) in [5.41, 5.74) is 2.80. The van der Waals surface area contributed by atoms with Gasteiger partial charge in [-0.1, -0.05) is 36.4 Å². The average molecular weight is 580 g/mol. The van der Waals surface area contributed by atoms with Crippen molar-refractivity contribution in [3.8, 4) is 17.2 Å². The molecule has 0 bridgehead atoms. The van der Waals surface area contributed by atoms with Crippen molar-refractivity contribution in [2.75, 3.05) is 20.6 Å². The second-order valence-corrected chi connectivity index (χ2v) is 11.1. The van der Waals surface area contributed by atoms with E-state index < -0.39 is 81.5 Å². The molecule has 1 amide bonds. The molecule has 0 aliphatic heterocycles. The monoisotopic (exact) mass is 579 g/mol. The summed E-state index contributed by atoms with van der Waals surface area (Å²) in [5.74, 6) is -9.47. The largest absolute Gasteiger partial charge is 0.507 e. The van der Waals surface area contributed by atoms with Gasteiger partial charge in [0.2, 0.25) is 5.91 Å². The zero-order chi connectivity index (χ0) is 30.7. The van der Waals surface area contributed by atoms with Gasteiger partial charge in [-0.05, 0) is 38.7 Å². The van der Waals surface area contributed by atoms with Gasteiger partial charge in [-0.15, -0.1) is 0 Å². The highest BCUT2D eigenvalue weighted by Crippen LogP contribution is 2.59. The maximum atomic E-state index is 13.4. The summed E-state index contributed by atoms with van der Waals surface area (Å²) in [7, 11) is 2.83. The van der Waals surface area contributed by atoms with Crippen LogP contribution in [-0.4, -0.2) is 85.3 Å². The number of hydrogen-bond acceptors (Lipinski definition) is 11. The lowest BCUT2D eigenvalue weighted by Crippen LogP contribution is -2.71. The molecule has 12 nitrogen and oxygen atoms in total. The zero-order valence-corrected chi connectivity index (χ0v) is 23.0. The number of rotatable bonds is 7. The first kappa shape index (κ1) is 29.4. The summed E-state index contributed by atoms with van der Waals surface area (Å²) >= 11 is 0. The van der Waals surface area contributed by atoms with Crippen molar-refractivity contribution in [1.29, 1.82) is 0 Å². The number of nitrogens with two attached hydrogens (primary N) is 1. The number of aliphatic hydroxyl groups is 3. The third-order valence-electron chi connectivity index (χ3n) is 8.55. The second kappa shape index (κ2) is 10.6. The Morgan fingerprint density at radius 2 is 1.64 bits per heavy atom. The molecule has 6 atom stereocenters. The van der Waals surface area contributed by atoms with Crippen LogP contribution in [0, 0.1) is 11.8 Å². The molecule has 222 valence electrons. The van der Waals surface area contributed by atoms with Crippen molar-refractivity contribution in [3.05, 3.63) is 64.7 Å². The van der Waals surface area contributed by atoms with E-state index in [1.54, 1.807) is 0 Å². The van der Waals surface area contributed by atoms with Crippen LogP contribution in [-0.2, 0) is 27.3 Å². The lowest BCUT2D eigenvalue weighted by atomic mass is 9.56. The summed E-state index contributed by atoms with van der Waals surface area (Å²) in [4.78, 5) is 40.0. The van der Waals surface area contributed by atoms with Crippen LogP contribution < -0.4 is 11.1 Å². The van der Waals surface area contributed by atoms with Gasteiger partial charge in [0.1, 0.15) is 23.4 Å². The molecule has 5 rings (SSSR count). The van der Waals surface area contributed by atoms with E-state index in [9.17, 15) is 45.0 Å². The fraction of sp³-hybridized carbons (Fsp3) is 0.367. The van der Waals surface area contributed by atoms with Gasteiger partial charge in [0.05, 0.1) is 23.4 Å². The lowest BCUT2D eigenvalue weighted by molar-refractivity contribution is -0.202. The molecular weight excluding hydrogens is 546 g/mol. The number of benzene rings is 3. The van der Waals surface area contributed by atoms with E-state index in [2.05, 4.69) is 5.32 Å². The Morgan fingerprint density at radius 1 is 0.976 bits per heavy atom. The summed E-state index contributed by atoms with van der Waals surface area (Å²) in [5, 5.41) is 71.3. The predicted molar refractivity (Wildman–Crippen MR) is 149 cm³/mol. The van der Waals surface area contributed by atoms with E-state index in [0.717, 1.165) is 12.0 Å². The molecule has 1 saturated carbocycles. The Bertz CT molecular complexity index is 1590. The molecule has 2 unspecified atom stereocenters. The average Bonchev–Trinajstić information content (AvgIpc) is 2.94. The van der Waals surface area contributed by atoms with Crippen molar-refractivity contribution < 1.29 is 45.0 Å². The Morgan fingerprint density at radius 3 is 2.26 bits per heavy atom. The molecule has 0 heterocycles. The number of aliphatic hydroxyl groups excluding tert-OH is 2. The molecule has 0 spiro atoms. The van der Waals surface area contributed by atoms with Crippen LogP contribution in [0.25, 0.3) is 10.8 Å². The van der Waals surface area contributed by atoms with Gasteiger partial charge < -0.3 is 41.7 Å². The van der Waals surface area contributed by atoms with E-state index in [1.807, 2.05) is 30.3 Å². The van der Waals surface area contributed by atoms with E-state index in [-0.39, 0.29) is 17.3 Å². The van der Waals surface area contributed by atoms with Gasteiger partial charge in [-0.3, -0.25) is 19.3 Å². The normalized spacial score (nSPS) is 27.2. The van der Waals surface area contributed by atoms with E-state index in [4.69, 9.17) is 5.73 Å². The molecule has 9 N–H and O–H groups in total. The number of ketones is 2. The molecule has 2 aliphatic rings. The van der Waals surface area contributed by atoms with Gasteiger partial charge in [-0.25, -0.2) is 0 Å². The second-order valence-electron chi connectivity index (χ2n) is 11.1. The van der Waals surface area contributed by atoms with Gasteiger partial charge in [-0.2, -0.15) is 0 Å². The van der Waals surface area contributed by atoms with Crippen molar-refractivity contribution in [1.82, 2.24) is 10.2 Å². The number of fused-ring (bicyclic) bond motifs is 3. The Hall–Kier alpha value is -4.07. The van der Waals surface area contributed by atoms with Crippen LogP contribution in [0.5, 0.6) is 17.2 Å². The minimum atomic E-state index is -2.96. The minimum Gasteiger partial charge on any atom is -0.507 e. The molecule has 2 aliphatic carbocycles. The van der Waals surface area contributed by atoms with Crippen molar-refractivity contribution in [2.24, 2.45) is 17.6 Å². The summed E-state index contributed by atoms with van der Waals surface area (Å²) in [6, 6.07) is 11.2. The van der Waals surface area contributed by atoms with E-state index >= 15 is 0 Å². The summed E-state index contributed by atoms with van der Waals surface area (Å²) < 4.78 is 0. The van der Waals surface area contributed by atoms with Crippen molar-refractivity contribution in [3.63, 3.8) is 0 Å². The first-order valence-electron chi connectivity index (χ1n) is 13.4. The van der Waals surface area contributed by atoms with Gasteiger partial charge in [0.15, 0.2) is 23.1 Å². The molecule has 0 radical (unpaired) electrons. The van der Waals surface area contributed by atoms with Crippen LogP contribution in [0.4, 0.5) is 0 Å². The van der Waals surface area contributed by atoms with E-state index in [1.165, 1.54) is 31.1 Å². The first-order chi connectivity index (χ1) is 19.8. The maximum absolute atomic E-state index is 13.4. The van der Waals surface area contributed by atoms with Crippen LogP contribution in [0.1, 0.15) is 34.5 Å². The van der Waals surface area contributed by atoms with Crippen LogP contribution in [0.2, 0.25) is 0 Å². The third-order valence-corrected chi connectivity index (χ3v) is 8.55. The molecule has 0 saturated heterocycles. The number of amides is 1. The number of hydrogen-bond donors (Lipinski definition) is 8. The smallest absolute Gasteiger partial charge is 0.235 e. The number of primary amides is 1. The van der Waals surface area contributed by atoms with Gasteiger partial charge in [0.25, 0.3) is 0 Å². The van der Waals surface area contributed by atoms with Gasteiger partial charge in [0, 0.05) is 28.6 Å². The van der Waals surface area contributed by atoms with Gasteiger partial charge >= 0.3 is 0 Å². The summed E-state index contributed by atoms with van der Waals surface area (Å²) in [6.07, 6.45) is -3.55. The standard InChI is InChI=1S/C30H33N3O9/c1-33(2)21-20-25(37)17-18(27(39)30(20,42)28(40)19(26(21)38)29(31)41)24(36)16-15(23(17)35)9-8-14(22(16)34)12-32-11-10-13-6-4-3-5-7-13/h3-9,19-21,25,27,32,34-37,39,42H,10-12H2,1-2H3,(H2,31,41)/t19?,20-,21+,25+,27?,30+/m1/s1. The number of phenols is 3. The van der Waals surface area contributed by atoms with Crippen molar-refractivity contribution >= 4 is 28.2 Å². The predicted octanol–water partition coefficient (Wildman–Crippen LogP) is -0.0999. The first-order valence-corrected chi connectivity index (χ1v) is 13.4. The molecular formula is C30H33N3O9. The number of carbonyl (C=O) groups is 3. The number of nitrogens with zero attached hydrogens (tertiary/aromatic N) is 1. The fourth-order valence-electron chi connectivity index (χ4n) is 6.51. The number of Topliss-reactive ketones (excluding diaryl/α,β-unsaturated/α-hetero) is 2. The van der Waals surface area contributed by atoms with Crippen LogP contribution >= 0.6 is 0 Å². The molecule has 42 heavy (non-hydrogen) atoms. The molecule has 3 aromatic carbocycles. The highest BCUT2D eigenvalue weighted by atomic mass is 16.4. The zero-order valence-electron chi connectivity index (χ0n) is 23.0. The molecule has 1 fully saturated rings. The molecule has 3 aromatic rings. The number of carbonyl (C=O) groups excluding carboxylic acids is 3. The quantitative estimate of drug-likeness (QED) is 0.105. The van der Waals surface area contributed by atoms with E-state index in [0.29, 0.717) is 12.1 Å². The topological polar surface area (TPSA) is 214 Å². The maximum Gasteiger partial charge on any atom is 0.235 e. The SMILES string of the molecule is CN(C)[C@@H]1C(=O)C(C(N)=O)C(=O)[C@@]2(O)C(O)c3c(c(O)c4ccc(CNCCc5ccccc5)c(O)c4c3O)[C@H](O)[C@@H]12. The third kappa shape index (κ3) is 4.22. The number of nitrogens with one attached hydrogen (secondary N) is 1. The number of likely N-dealkylation sites (N-methyl/N-ethyl adjacent to an activating group) is 1. The Kier molecular flexibility index (Phi) is 7.46. The minimum absolute atomic E-state index is 0.0710. The highest BCUT2D eigenvalue weighted by Gasteiger charge is 2.68. The number of aromatic hydroxyl groups is 3. The Balaban J connectivity index is 1.60. The van der Waals surface area contributed by atoms with Crippen LogP contribution in [0.15, 0.2) is 42.5 Å². The molecule has 0 aromatic heterocycles. The fourth-order valence-corrected chi connectivity index (χ4v) is 6.51. The summed E-state index contributed by atoms with van der Waals surface area (Å²) in [6.45, 7) is 0.742. The van der Waals surface area contributed by atoms with Crippen LogP contribution in [0.3, 0.4) is 0 Å². The number of phenolic OH excluding ortho intramolecular Hbond substituents is 3. The molecule has 12 heteroatoms. The lowest BCUT2D eigenvalue weighted by Gasteiger charge is -2.53. The Labute approximate surface area is 240 Å². The highest BCUT2D eigenvalue weighted by molar-refractivity contribution is 6.24.